The van der Waals surface area contributed by atoms with Gasteiger partial charge in [0.15, 0.2) is 0 Å². The Morgan fingerprint density at radius 1 is 1.44 bits per heavy atom. The summed E-state index contributed by atoms with van der Waals surface area (Å²) in [7, 11) is 0. The molecule has 0 aromatic heterocycles. The minimum Gasteiger partial charge on any atom is -0.353 e. The molecule has 2 saturated heterocycles. The average molecular weight is 225 g/mol. The molecule has 0 aromatic rings. The molecular formula is C12H23N3O. The molecule has 2 aliphatic heterocycles. The van der Waals surface area contributed by atoms with Crippen LogP contribution in [0.3, 0.4) is 0 Å². The number of nitrogens with zero attached hydrogens (tertiary/aromatic N) is 1. The minimum absolute atomic E-state index is 0.0605. The zero-order valence-corrected chi connectivity index (χ0v) is 10.2. The summed E-state index contributed by atoms with van der Waals surface area (Å²) in [5.74, 6) is 0.999. The van der Waals surface area contributed by atoms with Crippen molar-refractivity contribution in [3.05, 3.63) is 0 Å². The molecule has 2 fully saturated rings. The molecule has 0 aliphatic carbocycles. The Morgan fingerprint density at radius 3 is 3.06 bits per heavy atom. The van der Waals surface area contributed by atoms with E-state index in [2.05, 4.69) is 15.5 Å². The molecule has 2 atom stereocenters. The molecule has 2 aliphatic rings. The topological polar surface area (TPSA) is 44.4 Å². The van der Waals surface area contributed by atoms with Crippen molar-refractivity contribution in [2.24, 2.45) is 5.92 Å². The lowest BCUT2D eigenvalue weighted by atomic mass is 9.95. The fourth-order valence-electron chi connectivity index (χ4n) is 2.65. The first kappa shape index (κ1) is 11.9. The van der Waals surface area contributed by atoms with Gasteiger partial charge >= 0.3 is 0 Å². The highest BCUT2D eigenvalue weighted by Crippen LogP contribution is 2.15. The summed E-state index contributed by atoms with van der Waals surface area (Å²) in [6.07, 6.45) is 3.88. The Labute approximate surface area is 97.8 Å². The largest absolute Gasteiger partial charge is 0.353 e. The summed E-state index contributed by atoms with van der Waals surface area (Å²) in [6, 6.07) is 0.0605. The third kappa shape index (κ3) is 2.95. The van der Waals surface area contributed by atoms with Crippen LogP contribution in [0.15, 0.2) is 0 Å². The first-order valence-electron chi connectivity index (χ1n) is 6.50. The zero-order valence-electron chi connectivity index (χ0n) is 10.2. The SMILES string of the molecule is CC1C(=O)NCCN1CCC1CCCNC1. The number of amides is 1. The molecule has 0 aromatic carbocycles. The van der Waals surface area contributed by atoms with Gasteiger partial charge in [-0.25, -0.2) is 0 Å². The lowest BCUT2D eigenvalue weighted by Gasteiger charge is -2.34. The number of nitrogens with one attached hydrogen (secondary N) is 2. The Balaban J connectivity index is 1.73. The molecule has 1 amide bonds. The molecule has 4 heteroatoms. The fourth-order valence-corrected chi connectivity index (χ4v) is 2.65. The average Bonchev–Trinajstić information content (AvgIpc) is 2.32. The fraction of sp³-hybridized carbons (Fsp3) is 0.917. The highest BCUT2D eigenvalue weighted by Gasteiger charge is 2.25. The molecular weight excluding hydrogens is 202 g/mol. The van der Waals surface area contributed by atoms with Crippen LogP contribution in [0.4, 0.5) is 0 Å². The molecule has 92 valence electrons. The highest BCUT2D eigenvalue weighted by atomic mass is 16.2. The predicted octanol–water partition coefficient (Wildman–Crippen LogP) is 0.196. The van der Waals surface area contributed by atoms with Crippen LogP contribution < -0.4 is 10.6 Å². The monoisotopic (exact) mass is 225 g/mol. The maximum Gasteiger partial charge on any atom is 0.237 e. The van der Waals surface area contributed by atoms with Crippen LogP contribution in [0.5, 0.6) is 0 Å². The van der Waals surface area contributed by atoms with Crippen LogP contribution in [0.2, 0.25) is 0 Å². The Morgan fingerprint density at radius 2 is 2.31 bits per heavy atom. The van der Waals surface area contributed by atoms with E-state index in [1.54, 1.807) is 0 Å². The van der Waals surface area contributed by atoms with Crippen molar-refractivity contribution >= 4 is 5.91 Å². The Kier molecular flexibility index (Phi) is 4.18. The van der Waals surface area contributed by atoms with Crippen LogP contribution in [0, 0.1) is 5.92 Å². The summed E-state index contributed by atoms with van der Waals surface area (Å²) in [5, 5.41) is 6.35. The lowest BCUT2D eigenvalue weighted by molar-refractivity contribution is -0.128. The number of carbonyl (C=O) groups excluding carboxylic acids is 1. The molecule has 2 heterocycles. The van der Waals surface area contributed by atoms with Gasteiger partial charge in [0.25, 0.3) is 0 Å². The second-order valence-corrected chi connectivity index (χ2v) is 5.00. The van der Waals surface area contributed by atoms with Gasteiger partial charge in [0.05, 0.1) is 6.04 Å². The summed E-state index contributed by atoms with van der Waals surface area (Å²) in [5.41, 5.74) is 0. The van der Waals surface area contributed by atoms with Gasteiger partial charge in [-0.1, -0.05) is 0 Å². The van der Waals surface area contributed by atoms with E-state index < -0.39 is 0 Å². The van der Waals surface area contributed by atoms with Crippen molar-refractivity contribution in [1.82, 2.24) is 15.5 Å². The van der Waals surface area contributed by atoms with E-state index >= 15 is 0 Å². The molecule has 0 radical (unpaired) electrons. The molecule has 16 heavy (non-hydrogen) atoms. The van der Waals surface area contributed by atoms with E-state index in [1.807, 2.05) is 6.92 Å². The quantitative estimate of drug-likeness (QED) is 0.721. The van der Waals surface area contributed by atoms with Gasteiger partial charge in [-0.15, -0.1) is 0 Å². The summed E-state index contributed by atoms with van der Waals surface area (Å²) in [6.45, 7) is 7.24. The second kappa shape index (κ2) is 5.64. The van der Waals surface area contributed by atoms with Gasteiger partial charge < -0.3 is 10.6 Å². The minimum atomic E-state index is 0.0605. The van der Waals surface area contributed by atoms with Crippen LogP contribution in [0.1, 0.15) is 26.2 Å². The molecule has 2 unspecified atom stereocenters. The summed E-state index contributed by atoms with van der Waals surface area (Å²) in [4.78, 5) is 13.8. The van der Waals surface area contributed by atoms with Gasteiger partial charge in [-0.05, 0) is 51.7 Å². The van der Waals surface area contributed by atoms with Gasteiger partial charge in [0.2, 0.25) is 5.91 Å². The normalized spacial score (nSPS) is 32.4. The van der Waals surface area contributed by atoms with Crippen LogP contribution >= 0.6 is 0 Å². The molecule has 0 saturated carbocycles. The van der Waals surface area contributed by atoms with Crippen molar-refractivity contribution < 1.29 is 4.79 Å². The van der Waals surface area contributed by atoms with Crippen molar-refractivity contribution in [1.29, 1.82) is 0 Å². The highest BCUT2D eigenvalue weighted by molar-refractivity contribution is 5.81. The second-order valence-electron chi connectivity index (χ2n) is 5.00. The number of hydrogen-bond donors (Lipinski definition) is 2. The number of piperazine rings is 1. The number of hydrogen-bond acceptors (Lipinski definition) is 3. The molecule has 2 rings (SSSR count). The van der Waals surface area contributed by atoms with Crippen LogP contribution in [0.25, 0.3) is 0 Å². The maximum atomic E-state index is 11.5. The third-order valence-electron chi connectivity index (χ3n) is 3.85. The van der Waals surface area contributed by atoms with Gasteiger partial charge in [0, 0.05) is 13.1 Å². The van der Waals surface area contributed by atoms with Gasteiger partial charge in [-0.3, -0.25) is 9.69 Å². The molecule has 2 N–H and O–H groups in total. The van der Waals surface area contributed by atoms with Crippen molar-refractivity contribution in [3.63, 3.8) is 0 Å². The third-order valence-corrected chi connectivity index (χ3v) is 3.85. The van der Waals surface area contributed by atoms with E-state index in [9.17, 15) is 4.79 Å². The van der Waals surface area contributed by atoms with E-state index in [1.165, 1.54) is 25.8 Å². The number of rotatable bonds is 3. The zero-order chi connectivity index (χ0) is 11.4. The van der Waals surface area contributed by atoms with E-state index in [0.29, 0.717) is 0 Å². The molecule has 0 spiro atoms. The smallest absolute Gasteiger partial charge is 0.237 e. The van der Waals surface area contributed by atoms with E-state index in [0.717, 1.165) is 32.1 Å². The molecule has 0 bridgehead atoms. The van der Waals surface area contributed by atoms with Crippen LogP contribution in [-0.4, -0.2) is 49.6 Å². The maximum absolute atomic E-state index is 11.5. The number of piperidine rings is 1. The summed E-state index contributed by atoms with van der Waals surface area (Å²) >= 11 is 0. The van der Waals surface area contributed by atoms with Gasteiger partial charge in [-0.2, -0.15) is 0 Å². The van der Waals surface area contributed by atoms with Crippen molar-refractivity contribution in [3.8, 4) is 0 Å². The Bertz CT molecular complexity index is 238. The predicted molar refractivity (Wildman–Crippen MR) is 64.3 cm³/mol. The molecule has 4 nitrogen and oxygen atoms in total. The standard InChI is InChI=1S/C12H23N3O/c1-10-12(16)14-6-8-15(10)7-4-11-3-2-5-13-9-11/h10-11,13H,2-9H2,1H3,(H,14,16). The van der Waals surface area contributed by atoms with Crippen molar-refractivity contribution in [2.75, 3.05) is 32.7 Å². The van der Waals surface area contributed by atoms with E-state index in [4.69, 9.17) is 0 Å². The first-order chi connectivity index (χ1) is 7.77. The van der Waals surface area contributed by atoms with Gasteiger partial charge in [0.1, 0.15) is 0 Å². The summed E-state index contributed by atoms with van der Waals surface area (Å²) < 4.78 is 0. The first-order valence-corrected chi connectivity index (χ1v) is 6.50. The van der Waals surface area contributed by atoms with E-state index in [-0.39, 0.29) is 11.9 Å². The Hall–Kier alpha value is -0.610. The van der Waals surface area contributed by atoms with Crippen LogP contribution in [-0.2, 0) is 4.79 Å². The van der Waals surface area contributed by atoms with Crippen molar-refractivity contribution in [2.45, 2.75) is 32.2 Å². The number of carbonyl (C=O) groups is 1. The lowest BCUT2D eigenvalue weighted by Crippen LogP contribution is -2.54.